The average molecular weight is 276 g/mol. The van der Waals surface area contributed by atoms with Gasteiger partial charge in [0, 0.05) is 7.11 Å². The van der Waals surface area contributed by atoms with E-state index >= 15 is 0 Å². The molecule has 1 heterocycles. The van der Waals surface area contributed by atoms with Crippen molar-refractivity contribution in [1.82, 2.24) is 4.98 Å². The smallest absolute Gasteiger partial charge is 0.339 e. The molecule has 1 aromatic heterocycles. The molecule has 1 rings (SSSR count). The minimum absolute atomic E-state index is 0.0768. The Morgan fingerprint density at radius 2 is 2.33 bits per heavy atom. The van der Waals surface area contributed by atoms with Gasteiger partial charge in [-0.2, -0.15) is 0 Å². The van der Waals surface area contributed by atoms with E-state index < -0.39 is 5.97 Å². The lowest BCUT2D eigenvalue weighted by atomic mass is 10.2. The molecule has 5 nitrogen and oxygen atoms in total. The first-order chi connectivity index (χ1) is 7.15. The Kier molecular flexibility index (Phi) is 4.51. The van der Waals surface area contributed by atoms with Gasteiger partial charge in [0.1, 0.15) is 16.8 Å². The predicted molar refractivity (Wildman–Crippen MR) is 56.3 cm³/mol. The Hall–Kier alpha value is -1.14. The van der Waals surface area contributed by atoms with Crippen LogP contribution in [0.5, 0.6) is 5.75 Å². The lowest BCUT2D eigenvalue weighted by Crippen LogP contribution is -2.08. The Morgan fingerprint density at radius 3 is 2.93 bits per heavy atom. The van der Waals surface area contributed by atoms with Gasteiger partial charge in [0.2, 0.25) is 0 Å². The predicted octanol–water partition coefficient (Wildman–Crippen LogP) is 1.57. The molecule has 0 aliphatic rings. The van der Waals surface area contributed by atoms with Crippen molar-refractivity contribution >= 4 is 21.9 Å². The lowest BCUT2D eigenvalue weighted by molar-refractivity contribution is 0.0689. The zero-order chi connectivity index (χ0) is 11.3. The molecule has 0 unspecified atom stereocenters. The Labute approximate surface area is 95.2 Å². The molecular formula is C9H10BrNO4. The second-order valence-electron chi connectivity index (χ2n) is 2.65. The summed E-state index contributed by atoms with van der Waals surface area (Å²) in [6.07, 6.45) is 1.36. The number of carbonyl (C=O) groups is 1. The van der Waals surface area contributed by atoms with Crippen molar-refractivity contribution in [3.05, 3.63) is 22.4 Å². The van der Waals surface area contributed by atoms with Crippen LogP contribution in [0, 0.1) is 0 Å². The summed E-state index contributed by atoms with van der Waals surface area (Å²) in [5.74, 6) is -0.812. The van der Waals surface area contributed by atoms with Gasteiger partial charge in [-0.25, -0.2) is 9.78 Å². The van der Waals surface area contributed by atoms with E-state index in [4.69, 9.17) is 14.6 Å². The Balaban J connectivity index is 2.81. The quantitative estimate of drug-likeness (QED) is 0.653. The van der Waals surface area contributed by atoms with Crippen LogP contribution in [0.3, 0.4) is 0 Å². The van der Waals surface area contributed by atoms with Crippen LogP contribution in [-0.4, -0.2) is 36.4 Å². The van der Waals surface area contributed by atoms with Crippen molar-refractivity contribution < 1.29 is 19.4 Å². The van der Waals surface area contributed by atoms with E-state index in [0.717, 1.165) is 0 Å². The molecule has 0 spiro atoms. The normalized spacial score (nSPS) is 10.0. The lowest BCUT2D eigenvalue weighted by Gasteiger charge is -2.07. The number of pyridine rings is 1. The standard InChI is InChI=1S/C9H10BrNO4/c1-14-2-3-15-7-5-11-8(10)4-6(7)9(12)13/h4-5H,2-3H2,1H3,(H,12,13). The first-order valence-corrected chi connectivity index (χ1v) is 4.95. The summed E-state index contributed by atoms with van der Waals surface area (Å²) in [4.78, 5) is 14.7. The van der Waals surface area contributed by atoms with Crippen LogP contribution >= 0.6 is 15.9 Å². The fourth-order valence-corrected chi connectivity index (χ4v) is 1.27. The van der Waals surface area contributed by atoms with Gasteiger partial charge in [0.25, 0.3) is 0 Å². The number of ether oxygens (including phenoxy) is 2. The summed E-state index contributed by atoms with van der Waals surface area (Å²) in [7, 11) is 1.54. The van der Waals surface area contributed by atoms with Crippen molar-refractivity contribution in [2.75, 3.05) is 20.3 Å². The van der Waals surface area contributed by atoms with E-state index in [2.05, 4.69) is 20.9 Å². The molecule has 0 fully saturated rings. The molecule has 1 N–H and O–H groups in total. The zero-order valence-corrected chi connectivity index (χ0v) is 9.65. The molecule has 82 valence electrons. The molecule has 6 heteroatoms. The molecule has 0 bridgehead atoms. The van der Waals surface area contributed by atoms with Crippen molar-refractivity contribution in [1.29, 1.82) is 0 Å². The highest BCUT2D eigenvalue weighted by Crippen LogP contribution is 2.20. The maximum Gasteiger partial charge on any atom is 0.339 e. The summed E-state index contributed by atoms with van der Waals surface area (Å²) in [5.41, 5.74) is 0.0768. The van der Waals surface area contributed by atoms with Gasteiger partial charge in [-0.1, -0.05) is 0 Å². The van der Waals surface area contributed by atoms with E-state index in [1.165, 1.54) is 12.3 Å². The van der Waals surface area contributed by atoms with Gasteiger partial charge < -0.3 is 14.6 Å². The van der Waals surface area contributed by atoms with Gasteiger partial charge in [-0.15, -0.1) is 0 Å². The number of carboxylic acids is 1. The molecule has 0 saturated heterocycles. The van der Waals surface area contributed by atoms with Crippen LogP contribution in [-0.2, 0) is 4.74 Å². The summed E-state index contributed by atoms with van der Waals surface area (Å²) >= 11 is 3.09. The van der Waals surface area contributed by atoms with E-state index in [0.29, 0.717) is 17.8 Å². The van der Waals surface area contributed by atoms with Crippen molar-refractivity contribution in [2.45, 2.75) is 0 Å². The number of methoxy groups -OCH3 is 1. The van der Waals surface area contributed by atoms with Crippen molar-refractivity contribution in [2.24, 2.45) is 0 Å². The molecule has 15 heavy (non-hydrogen) atoms. The molecule has 0 saturated carbocycles. The third-order valence-electron chi connectivity index (χ3n) is 1.61. The Bertz CT molecular complexity index is 356. The third kappa shape index (κ3) is 3.49. The number of nitrogens with zero attached hydrogens (tertiary/aromatic N) is 1. The zero-order valence-electron chi connectivity index (χ0n) is 8.07. The van der Waals surface area contributed by atoms with Crippen LogP contribution in [0.25, 0.3) is 0 Å². The first kappa shape index (κ1) is 11.9. The average Bonchev–Trinajstić information content (AvgIpc) is 2.20. The van der Waals surface area contributed by atoms with Crippen LogP contribution in [0.2, 0.25) is 0 Å². The summed E-state index contributed by atoms with van der Waals surface area (Å²) < 4.78 is 10.4. The number of rotatable bonds is 5. The van der Waals surface area contributed by atoms with E-state index in [1.807, 2.05) is 0 Å². The number of hydrogen-bond acceptors (Lipinski definition) is 4. The number of halogens is 1. The van der Waals surface area contributed by atoms with E-state index in [1.54, 1.807) is 7.11 Å². The van der Waals surface area contributed by atoms with Crippen molar-refractivity contribution in [3.63, 3.8) is 0 Å². The Morgan fingerprint density at radius 1 is 1.60 bits per heavy atom. The largest absolute Gasteiger partial charge is 0.489 e. The molecule has 0 amide bonds. The number of aromatic nitrogens is 1. The number of aromatic carboxylic acids is 1. The van der Waals surface area contributed by atoms with E-state index in [9.17, 15) is 4.79 Å². The highest BCUT2D eigenvalue weighted by molar-refractivity contribution is 9.10. The fraction of sp³-hybridized carbons (Fsp3) is 0.333. The molecule has 0 radical (unpaired) electrons. The molecule has 0 aromatic carbocycles. The third-order valence-corrected chi connectivity index (χ3v) is 2.04. The maximum atomic E-state index is 10.8. The van der Waals surface area contributed by atoms with Gasteiger partial charge >= 0.3 is 5.97 Å². The van der Waals surface area contributed by atoms with E-state index in [-0.39, 0.29) is 11.3 Å². The van der Waals surface area contributed by atoms with Gasteiger partial charge in [0.15, 0.2) is 5.75 Å². The molecule has 1 aromatic rings. The number of hydrogen-bond donors (Lipinski definition) is 1. The second kappa shape index (κ2) is 5.67. The highest BCUT2D eigenvalue weighted by atomic mass is 79.9. The monoisotopic (exact) mass is 275 g/mol. The summed E-state index contributed by atoms with van der Waals surface area (Å²) in [6.45, 7) is 0.690. The van der Waals surface area contributed by atoms with Crippen LogP contribution < -0.4 is 4.74 Å². The van der Waals surface area contributed by atoms with Gasteiger partial charge in [-0.05, 0) is 22.0 Å². The molecule has 0 aliphatic heterocycles. The molecular weight excluding hydrogens is 266 g/mol. The maximum absolute atomic E-state index is 10.8. The fourth-order valence-electron chi connectivity index (χ4n) is 0.934. The highest BCUT2D eigenvalue weighted by Gasteiger charge is 2.12. The molecule has 0 atom stereocenters. The summed E-state index contributed by atoms with van der Waals surface area (Å²) in [6, 6.07) is 1.39. The SMILES string of the molecule is COCCOc1cnc(Br)cc1C(=O)O. The first-order valence-electron chi connectivity index (χ1n) is 4.15. The molecule has 0 aliphatic carbocycles. The van der Waals surface area contributed by atoms with Crippen LogP contribution in [0.1, 0.15) is 10.4 Å². The topological polar surface area (TPSA) is 68.7 Å². The van der Waals surface area contributed by atoms with Crippen molar-refractivity contribution in [3.8, 4) is 5.75 Å². The van der Waals surface area contributed by atoms with Crippen LogP contribution in [0.4, 0.5) is 0 Å². The number of carboxylic acid groups (broad SMARTS) is 1. The summed E-state index contributed by atoms with van der Waals surface area (Å²) in [5, 5.41) is 8.89. The van der Waals surface area contributed by atoms with Gasteiger partial charge in [-0.3, -0.25) is 0 Å². The second-order valence-corrected chi connectivity index (χ2v) is 3.46. The van der Waals surface area contributed by atoms with Gasteiger partial charge in [0.05, 0.1) is 12.8 Å². The van der Waals surface area contributed by atoms with Crippen LogP contribution in [0.15, 0.2) is 16.9 Å². The minimum Gasteiger partial charge on any atom is -0.489 e. The minimum atomic E-state index is -1.05.